The Bertz CT molecular complexity index is 325. The largest absolute Gasteiger partial charge is 0.319 e. The molecule has 0 heterocycles. The highest BCUT2D eigenvalue weighted by molar-refractivity contribution is 7.44. The molecule has 4 heteroatoms. The molecule has 23 heavy (non-hydrogen) atoms. The smallest absolute Gasteiger partial charge is 0.259 e. The molecule has 3 nitrogen and oxygen atoms in total. The van der Waals surface area contributed by atoms with Crippen molar-refractivity contribution in [2.75, 3.05) is 0 Å². The molecule has 1 aliphatic rings. The molecule has 0 aromatic heterocycles. The van der Waals surface area contributed by atoms with Crippen LogP contribution < -0.4 is 0 Å². The van der Waals surface area contributed by atoms with E-state index in [0.717, 1.165) is 5.92 Å². The van der Waals surface area contributed by atoms with Crippen LogP contribution >= 0.6 is 8.53 Å². The molecule has 1 fully saturated rings. The van der Waals surface area contributed by atoms with Crippen molar-refractivity contribution in [2.24, 2.45) is 17.8 Å². The molecule has 0 aliphatic heterocycles. The van der Waals surface area contributed by atoms with Crippen molar-refractivity contribution in [2.45, 2.75) is 106 Å². The van der Waals surface area contributed by atoms with E-state index in [0.29, 0.717) is 30.0 Å². The topological polar surface area (TPSA) is 21.7 Å². The van der Waals surface area contributed by atoms with Crippen LogP contribution in [0, 0.1) is 17.8 Å². The van der Waals surface area contributed by atoms with E-state index in [-0.39, 0.29) is 6.10 Å². The molecule has 0 radical (unpaired) electrons. The van der Waals surface area contributed by atoms with Gasteiger partial charge in [-0.1, -0.05) is 27.2 Å². The minimum absolute atomic E-state index is 0.194. The zero-order valence-electron chi connectivity index (χ0n) is 16.9. The third-order valence-electron chi connectivity index (χ3n) is 4.73. The summed E-state index contributed by atoms with van der Waals surface area (Å²) in [5, 5.41) is 0. The number of hydrogen-bond acceptors (Lipinski definition) is 3. The maximum absolute atomic E-state index is 6.70. The number of nitrogens with zero attached hydrogens (tertiary/aromatic N) is 1. The van der Waals surface area contributed by atoms with E-state index in [2.05, 4.69) is 67.0 Å². The van der Waals surface area contributed by atoms with Gasteiger partial charge < -0.3 is 9.05 Å². The highest BCUT2D eigenvalue weighted by atomic mass is 31.2. The summed E-state index contributed by atoms with van der Waals surface area (Å²) in [6, 6.07) is 0.858. The number of hydrogen-bond donors (Lipinski definition) is 0. The summed E-state index contributed by atoms with van der Waals surface area (Å²) in [6.07, 6.45) is 4.33. The molecule has 138 valence electrons. The van der Waals surface area contributed by atoms with Gasteiger partial charge >= 0.3 is 0 Å². The molecule has 0 spiro atoms. The van der Waals surface area contributed by atoms with Gasteiger partial charge in [-0.2, -0.15) is 0 Å². The van der Waals surface area contributed by atoms with Crippen LogP contribution in [0.2, 0.25) is 0 Å². The van der Waals surface area contributed by atoms with Gasteiger partial charge in [0.05, 0.1) is 12.2 Å². The van der Waals surface area contributed by atoms with E-state index in [1.807, 2.05) is 0 Å². The third kappa shape index (κ3) is 6.61. The van der Waals surface area contributed by atoms with E-state index in [1.165, 1.54) is 19.3 Å². The fraction of sp³-hybridized carbons (Fsp3) is 1.00. The fourth-order valence-corrected chi connectivity index (χ4v) is 5.50. The van der Waals surface area contributed by atoms with E-state index in [9.17, 15) is 0 Å². The molecular formula is C19H40NO2P. The minimum atomic E-state index is -1.00. The molecule has 4 atom stereocenters. The van der Waals surface area contributed by atoms with Crippen molar-refractivity contribution < 1.29 is 9.05 Å². The Morgan fingerprint density at radius 1 is 0.913 bits per heavy atom. The van der Waals surface area contributed by atoms with Crippen LogP contribution in [0.25, 0.3) is 0 Å². The van der Waals surface area contributed by atoms with Gasteiger partial charge in [0.2, 0.25) is 0 Å². The third-order valence-corrected chi connectivity index (χ3v) is 7.09. The quantitative estimate of drug-likeness (QED) is 0.486. The zero-order valence-corrected chi connectivity index (χ0v) is 17.8. The lowest BCUT2D eigenvalue weighted by Crippen LogP contribution is -2.38. The molecule has 1 unspecified atom stereocenters. The second-order valence-corrected chi connectivity index (χ2v) is 9.79. The summed E-state index contributed by atoms with van der Waals surface area (Å²) < 4.78 is 15.4. The molecule has 0 aromatic carbocycles. The Balaban J connectivity index is 2.92. The van der Waals surface area contributed by atoms with E-state index in [1.54, 1.807) is 0 Å². The van der Waals surface area contributed by atoms with Gasteiger partial charge in [-0.15, -0.1) is 0 Å². The van der Waals surface area contributed by atoms with Crippen LogP contribution in [-0.4, -0.2) is 29.0 Å². The lowest BCUT2D eigenvalue weighted by Gasteiger charge is -2.43. The standard InChI is InChI=1S/C19H40NO2P/c1-13(2)18-11-10-17(9)12-19(18)22-23(21-16(7)8)20(14(3)4)15(5)6/h13-19H,10-12H2,1-9H3/t17-,18+,19-,23?/m1/s1. The highest BCUT2D eigenvalue weighted by Crippen LogP contribution is 2.51. The van der Waals surface area contributed by atoms with Crippen molar-refractivity contribution in [1.29, 1.82) is 0 Å². The first-order chi connectivity index (χ1) is 10.6. The van der Waals surface area contributed by atoms with Crippen molar-refractivity contribution in [3.8, 4) is 0 Å². The highest BCUT2D eigenvalue weighted by Gasteiger charge is 2.37. The van der Waals surface area contributed by atoms with E-state index in [4.69, 9.17) is 9.05 Å². The summed E-state index contributed by atoms with van der Waals surface area (Å²) in [5.41, 5.74) is 0. The van der Waals surface area contributed by atoms with Gasteiger partial charge in [-0.25, -0.2) is 4.67 Å². The van der Waals surface area contributed by atoms with Crippen LogP contribution in [0.15, 0.2) is 0 Å². The summed E-state index contributed by atoms with van der Waals surface area (Å²) in [6.45, 7) is 20.2. The zero-order chi connectivity index (χ0) is 17.7. The van der Waals surface area contributed by atoms with Crippen LogP contribution in [0.5, 0.6) is 0 Å². The first-order valence-electron chi connectivity index (χ1n) is 9.55. The van der Waals surface area contributed by atoms with Gasteiger partial charge in [0.1, 0.15) is 0 Å². The Morgan fingerprint density at radius 3 is 1.91 bits per heavy atom. The Morgan fingerprint density at radius 2 is 1.48 bits per heavy atom. The second kappa shape index (κ2) is 9.70. The van der Waals surface area contributed by atoms with Crippen LogP contribution in [0.3, 0.4) is 0 Å². The second-order valence-electron chi connectivity index (χ2n) is 8.43. The fourth-order valence-electron chi connectivity index (χ4n) is 3.64. The predicted octanol–water partition coefficient (Wildman–Crippen LogP) is 6.23. The van der Waals surface area contributed by atoms with Crippen molar-refractivity contribution in [1.82, 2.24) is 4.67 Å². The van der Waals surface area contributed by atoms with Gasteiger partial charge in [0, 0.05) is 12.1 Å². The monoisotopic (exact) mass is 345 g/mol. The van der Waals surface area contributed by atoms with Crippen LogP contribution in [0.4, 0.5) is 0 Å². The first-order valence-corrected chi connectivity index (χ1v) is 10.7. The van der Waals surface area contributed by atoms with Crippen molar-refractivity contribution in [3.05, 3.63) is 0 Å². The van der Waals surface area contributed by atoms with Crippen molar-refractivity contribution in [3.63, 3.8) is 0 Å². The number of rotatable bonds is 8. The van der Waals surface area contributed by atoms with Crippen molar-refractivity contribution >= 4 is 8.53 Å². The van der Waals surface area contributed by atoms with Gasteiger partial charge in [-0.05, 0) is 72.1 Å². The molecule has 0 amide bonds. The Hall–Kier alpha value is 0.310. The summed E-state index contributed by atoms with van der Waals surface area (Å²) >= 11 is 0. The molecular weight excluding hydrogens is 305 g/mol. The van der Waals surface area contributed by atoms with E-state index < -0.39 is 8.53 Å². The molecule has 1 rings (SSSR count). The molecule has 0 bridgehead atoms. The molecule has 1 aliphatic carbocycles. The lowest BCUT2D eigenvalue weighted by molar-refractivity contribution is 0.0245. The summed E-state index contributed by atoms with van der Waals surface area (Å²) in [4.78, 5) is 0. The van der Waals surface area contributed by atoms with Crippen LogP contribution in [-0.2, 0) is 9.05 Å². The summed E-state index contributed by atoms with van der Waals surface area (Å²) in [5.74, 6) is 2.10. The maximum Gasteiger partial charge on any atom is 0.259 e. The Labute approximate surface area is 146 Å². The van der Waals surface area contributed by atoms with Crippen LogP contribution in [0.1, 0.15) is 81.6 Å². The Kier molecular flexibility index (Phi) is 9.01. The average molecular weight is 346 g/mol. The average Bonchev–Trinajstić information content (AvgIpc) is 2.36. The van der Waals surface area contributed by atoms with Gasteiger partial charge in [0.15, 0.2) is 0 Å². The lowest BCUT2D eigenvalue weighted by atomic mass is 9.75. The maximum atomic E-state index is 6.70. The molecule has 0 aromatic rings. The molecule has 0 N–H and O–H groups in total. The van der Waals surface area contributed by atoms with Gasteiger partial charge in [-0.3, -0.25) is 0 Å². The van der Waals surface area contributed by atoms with E-state index >= 15 is 0 Å². The normalized spacial score (nSPS) is 27.7. The van der Waals surface area contributed by atoms with Gasteiger partial charge in [0.25, 0.3) is 8.53 Å². The predicted molar refractivity (Wildman–Crippen MR) is 101 cm³/mol. The summed E-state index contributed by atoms with van der Waals surface area (Å²) in [7, 11) is -1.00. The molecule has 0 saturated heterocycles. The molecule has 1 saturated carbocycles. The first kappa shape index (κ1) is 21.4. The SMILES string of the molecule is CC(C)OP(O[C@@H]1C[C@H](C)CC[C@H]1C(C)C)N(C(C)C)C(C)C. The minimum Gasteiger partial charge on any atom is -0.319 e.